The molecule has 0 N–H and O–H groups in total. The molecule has 1 aromatic rings. The van der Waals surface area contributed by atoms with Crippen molar-refractivity contribution in [2.75, 3.05) is 7.11 Å². The Hall–Kier alpha value is -1.02. The molecule has 76 valence electrons. The third-order valence-electron chi connectivity index (χ3n) is 2.17. The van der Waals surface area contributed by atoms with Gasteiger partial charge in [0, 0.05) is 5.02 Å². The molecule has 0 radical (unpaired) electrons. The molecule has 0 aliphatic carbocycles. The van der Waals surface area contributed by atoms with E-state index in [0.29, 0.717) is 5.02 Å². The zero-order valence-electron chi connectivity index (χ0n) is 8.29. The number of carbonyl (C=O) groups excluding carboxylic acids is 1. The molecular weight excluding hydrogens is 200 g/mol. The standard InChI is InChI=1S/C11H13ClO2/c1-3-10(11(13)14-2)8-4-6-9(12)7-5-8/h4-7,10H,3H2,1-2H3. The molecular formula is C11H13ClO2. The van der Waals surface area contributed by atoms with Crippen LogP contribution in [-0.2, 0) is 9.53 Å². The number of benzene rings is 1. The van der Waals surface area contributed by atoms with Crippen LogP contribution in [0.2, 0.25) is 5.02 Å². The number of hydrogen-bond acceptors (Lipinski definition) is 2. The molecule has 0 amide bonds. The lowest BCUT2D eigenvalue weighted by atomic mass is 9.97. The summed E-state index contributed by atoms with van der Waals surface area (Å²) in [6.45, 7) is 1.95. The molecule has 1 atom stereocenters. The van der Waals surface area contributed by atoms with Gasteiger partial charge in [0.25, 0.3) is 0 Å². The monoisotopic (exact) mass is 212 g/mol. The first-order chi connectivity index (χ1) is 6.69. The molecule has 1 unspecified atom stereocenters. The second-order valence-electron chi connectivity index (χ2n) is 3.04. The number of carbonyl (C=O) groups is 1. The normalized spacial score (nSPS) is 12.2. The third kappa shape index (κ3) is 2.48. The second-order valence-corrected chi connectivity index (χ2v) is 3.47. The van der Waals surface area contributed by atoms with Crippen molar-refractivity contribution >= 4 is 17.6 Å². The Morgan fingerprint density at radius 1 is 1.43 bits per heavy atom. The minimum absolute atomic E-state index is 0.183. The number of ether oxygens (including phenoxy) is 1. The summed E-state index contributed by atoms with van der Waals surface area (Å²) in [5.74, 6) is -0.382. The first-order valence-corrected chi connectivity index (χ1v) is 4.90. The SMILES string of the molecule is CCC(C(=O)OC)c1ccc(Cl)cc1. The molecule has 3 heteroatoms. The molecule has 2 nitrogen and oxygen atoms in total. The van der Waals surface area contributed by atoms with E-state index in [4.69, 9.17) is 16.3 Å². The fraction of sp³-hybridized carbons (Fsp3) is 0.364. The molecule has 14 heavy (non-hydrogen) atoms. The van der Waals surface area contributed by atoms with Crippen LogP contribution in [0.25, 0.3) is 0 Å². The van der Waals surface area contributed by atoms with Crippen molar-refractivity contribution in [2.24, 2.45) is 0 Å². The number of rotatable bonds is 3. The predicted molar refractivity (Wildman–Crippen MR) is 56.5 cm³/mol. The minimum Gasteiger partial charge on any atom is -0.469 e. The van der Waals surface area contributed by atoms with Crippen molar-refractivity contribution in [3.63, 3.8) is 0 Å². The van der Waals surface area contributed by atoms with E-state index >= 15 is 0 Å². The van der Waals surface area contributed by atoms with Gasteiger partial charge in [-0.1, -0.05) is 30.7 Å². The van der Waals surface area contributed by atoms with Gasteiger partial charge < -0.3 is 4.74 Å². The fourth-order valence-electron chi connectivity index (χ4n) is 1.38. The molecule has 0 saturated heterocycles. The highest BCUT2D eigenvalue weighted by atomic mass is 35.5. The highest BCUT2D eigenvalue weighted by Gasteiger charge is 2.18. The Morgan fingerprint density at radius 3 is 2.43 bits per heavy atom. The average molecular weight is 213 g/mol. The highest BCUT2D eigenvalue weighted by molar-refractivity contribution is 6.30. The molecule has 0 saturated carbocycles. The van der Waals surface area contributed by atoms with Crippen LogP contribution in [0.1, 0.15) is 24.8 Å². The minimum atomic E-state index is -0.199. The van der Waals surface area contributed by atoms with Gasteiger partial charge >= 0.3 is 5.97 Å². The lowest BCUT2D eigenvalue weighted by Gasteiger charge is -2.12. The van der Waals surface area contributed by atoms with Crippen LogP contribution in [0.15, 0.2) is 24.3 Å². The van der Waals surface area contributed by atoms with Gasteiger partial charge in [-0.2, -0.15) is 0 Å². The maximum atomic E-state index is 11.4. The van der Waals surface area contributed by atoms with Crippen LogP contribution < -0.4 is 0 Å². The van der Waals surface area contributed by atoms with Crippen LogP contribution in [0, 0.1) is 0 Å². The Labute approximate surface area is 88.8 Å². The summed E-state index contributed by atoms with van der Waals surface area (Å²) >= 11 is 5.76. The zero-order valence-corrected chi connectivity index (χ0v) is 9.04. The van der Waals surface area contributed by atoms with Crippen LogP contribution >= 0.6 is 11.6 Å². The van der Waals surface area contributed by atoms with E-state index in [0.717, 1.165) is 12.0 Å². The first kappa shape index (κ1) is 11.1. The first-order valence-electron chi connectivity index (χ1n) is 4.52. The van der Waals surface area contributed by atoms with Crippen LogP contribution in [0.3, 0.4) is 0 Å². The number of esters is 1. The smallest absolute Gasteiger partial charge is 0.313 e. The van der Waals surface area contributed by atoms with Crippen molar-refractivity contribution in [3.05, 3.63) is 34.9 Å². The van der Waals surface area contributed by atoms with E-state index in [-0.39, 0.29) is 11.9 Å². The van der Waals surface area contributed by atoms with Crippen LogP contribution in [0.5, 0.6) is 0 Å². The number of halogens is 1. The van der Waals surface area contributed by atoms with Gasteiger partial charge in [0.05, 0.1) is 13.0 Å². The van der Waals surface area contributed by atoms with Crippen molar-refractivity contribution in [1.82, 2.24) is 0 Å². The molecule has 0 fully saturated rings. The number of hydrogen-bond donors (Lipinski definition) is 0. The maximum absolute atomic E-state index is 11.4. The Kier molecular flexibility index (Phi) is 3.96. The largest absolute Gasteiger partial charge is 0.469 e. The number of methoxy groups -OCH3 is 1. The molecule has 0 aliphatic heterocycles. The van der Waals surface area contributed by atoms with Gasteiger partial charge in [-0.3, -0.25) is 4.79 Å². The Balaban J connectivity index is 2.89. The second kappa shape index (κ2) is 5.01. The molecule has 0 aliphatic rings. The molecule has 0 heterocycles. The third-order valence-corrected chi connectivity index (χ3v) is 2.42. The van der Waals surface area contributed by atoms with Crippen molar-refractivity contribution in [2.45, 2.75) is 19.3 Å². The summed E-state index contributed by atoms with van der Waals surface area (Å²) in [5, 5.41) is 0.675. The summed E-state index contributed by atoms with van der Waals surface area (Å²) in [7, 11) is 1.40. The lowest BCUT2D eigenvalue weighted by molar-refractivity contribution is -0.142. The lowest BCUT2D eigenvalue weighted by Crippen LogP contribution is -2.13. The molecule has 1 aromatic carbocycles. The van der Waals surface area contributed by atoms with Gasteiger partial charge in [0.15, 0.2) is 0 Å². The van der Waals surface area contributed by atoms with Crippen molar-refractivity contribution < 1.29 is 9.53 Å². The molecule has 0 spiro atoms. The predicted octanol–water partition coefficient (Wildman–Crippen LogP) is 3.01. The zero-order chi connectivity index (χ0) is 10.6. The van der Waals surface area contributed by atoms with Crippen molar-refractivity contribution in [3.8, 4) is 0 Å². The summed E-state index contributed by atoms with van der Waals surface area (Å²) < 4.78 is 4.72. The average Bonchev–Trinajstić information content (AvgIpc) is 2.21. The highest BCUT2D eigenvalue weighted by Crippen LogP contribution is 2.22. The van der Waals surface area contributed by atoms with Gasteiger partial charge in [-0.15, -0.1) is 0 Å². The van der Waals surface area contributed by atoms with E-state index in [1.807, 2.05) is 19.1 Å². The summed E-state index contributed by atoms with van der Waals surface area (Å²) in [6.07, 6.45) is 0.730. The van der Waals surface area contributed by atoms with Crippen molar-refractivity contribution in [1.29, 1.82) is 0 Å². The van der Waals surface area contributed by atoms with E-state index in [1.165, 1.54) is 7.11 Å². The van der Waals surface area contributed by atoms with Gasteiger partial charge in [0.2, 0.25) is 0 Å². The molecule has 1 rings (SSSR count). The van der Waals surface area contributed by atoms with E-state index in [2.05, 4.69) is 0 Å². The van der Waals surface area contributed by atoms with Crippen LogP contribution in [0.4, 0.5) is 0 Å². The van der Waals surface area contributed by atoms with E-state index < -0.39 is 0 Å². The van der Waals surface area contributed by atoms with Crippen LogP contribution in [-0.4, -0.2) is 13.1 Å². The summed E-state index contributed by atoms with van der Waals surface area (Å²) in [5.41, 5.74) is 0.948. The van der Waals surface area contributed by atoms with E-state index in [1.54, 1.807) is 12.1 Å². The van der Waals surface area contributed by atoms with Gasteiger partial charge in [-0.05, 0) is 24.1 Å². The summed E-state index contributed by atoms with van der Waals surface area (Å²) in [4.78, 5) is 11.4. The summed E-state index contributed by atoms with van der Waals surface area (Å²) in [6, 6.07) is 7.27. The maximum Gasteiger partial charge on any atom is 0.313 e. The topological polar surface area (TPSA) is 26.3 Å². The van der Waals surface area contributed by atoms with Gasteiger partial charge in [-0.25, -0.2) is 0 Å². The molecule has 0 aromatic heterocycles. The fourth-order valence-corrected chi connectivity index (χ4v) is 1.50. The van der Waals surface area contributed by atoms with Gasteiger partial charge in [0.1, 0.15) is 0 Å². The molecule has 0 bridgehead atoms. The Bertz CT molecular complexity index is 306. The Morgan fingerprint density at radius 2 is 2.00 bits per heavy atom. The van der Waals surface area contributed by atoms with E-state index in [9.17, 15) is 4.79 Å². The quantitative estimate of drug-likeness (QED) is 0.720.